The van der Waals surface area contributed by atoms with E-state index < -0.39 is 11.4 Å². The van der Waals surface area contributed by atoms with Crippen LogP contribution < -0.4 is 0 Å². The molecule has 0 aliphatic heterocycles. The van der Waals surface area contributed by atoms with E-state index in [2.05, 4.69) is 16.0 Å². The zero-order valence-corrected chi connectivity index (χ0v) is 18.7. The van der Waals surface area contributed by atoms with Gasteiger partial charge in [0.15, 0.2) is 10.2 Å². The Labute approximate surface area is 182 Å². The first-order valence-electron chi connectivity index (χ1n) is 8.72. The number of halogens is 1. The largest absolute Gasteiger partial charge is 0.423 e. The van der Waals surface area contributed by atoms with Gasteiger partial charge >= 0.3 is 5.97 Å². The highest BCUT2D eigenvalue weighted by molar-refractivity contribution is 7.17. The first-order chi connectivity index (χ1) is 13.7. The molecule has 0 aliphatic carbocycles. The van der Waals surface area contributed by atoms with E-state index in [1.54, 1.807) is 33.1 Å². The van der Waals surface area contributed by atoms with E-state index in [1.165, 1.54) is 11.3 Å². The van der Waals surface area contributed by atoms with Crippen LogP contribution in [0.5, 0.6) is 0 Å². The molecule has 3 aromatic rings. The monoisotopic (exact) mass is 443 g/mol. The van der Waals surface area contributed by atoms with Gasteiger partial charge in [-0.05, 0) is 27.7 Å². The number of hydrogen-bond donors (Lipinski definition) is 0. The van der Waals surface area contributed by atoms with Crippen LogP contribution >= 0.6 is 34.3 Å². The quantitative estimate of drug-likeness (QED) is 0.272. The molecule has 0 radical (unpaired) electrons. The van der Waals surface area contributed by atoms with Crippen LogP contribution in [0.3, 0.4) is 0 Å². The second-order valence-electron chi connectivity index (χ2n) is 7.24. The number of aryl methyl sites for hydroxylation is 1. The minimum atomic E-state index is -0.745. The third kappa shape index (κ3) is 4.73. The van der Waals surface area contributed by atoms with Crippen molar-refractivity contribution in [2.24, 2.45) is 5.41 Å². The second kappa shape index (κ2) is 8.46. The predicted molar refractivity (Wildman–Crippen MR) is 117 cm³/mol. The van der Waals surface area contributed by atoms with Gasteiger partial charge in [0.1, 0.15) is 16.6 Å². The van der Waals surface area contributed by atoms with Crippen molar-refractivity contribution in [3.63, 3.8) is 0 Å². The van der Waals surface area contributed by atoms with Gasteiger partial charge in [0.05, 0.1) is 21.7 Å². The van der Waals surface area contributed by atoms with Crippen LogP contribution in [0, 0.1) is 23.7 Å². The summed E-state index contributed by atoms with van der Waals surface area (Å²) in [5.74, 6) is -0.318. The maximum Gasteiger partial charge on any atom is 0.316 e. The fourth-order valence-electron chi connectivity index (χ4n) is 2.36. The Kier molecular flexibility index (Phi) is 6.18. The van der Waals surface area contributed by atoms with Crippen LogP contribution in [0.2, 0.25) is 4.47 Å². The molecule has 0 aliphatic rings. The molecule has 0 spiro atoms. The molecular formula is C21H18ClN3O2S2. The first kappa shape index (κ1) is 21.2. The van der Waals surface area contributed by atoms with E-state index in [4.69, 9.17) is 16.3 Å². The van der Waals surface area contributed by atoms with Crippen LogP contribution in [-0.4, -0.2) is 15.9 Å². The van der Waals surface area contributed by atoms with Crippen molar-refractivity contribution < 1.29 is 9.53 Å². The molecule has 0 bridgehead atoms. The minimum absolute atomic E-state index is 0.138. The summed E-state index contributed by atoms with van der Waals surface area (Å²) in [5, 5.41) is 12.5. The first-order valence-corrected chi connectivity index (χ1v) is 10.8. The summed E-state index contributed by atoms with van der Waals surface area (Å²) in [6.45, 7) is 7.01. The maximum atomic E-state index is 12.6. The molecule has 8 heteroatoms. The summed E-state index contributed by atoms with van der Waals surface area (Å²) in [5.41, 5.74) is 1.40. The lowest BCUT2D eigenvalue weighted by Crippen LogP contribution is -2.22. The van der Waals surface area contributed by atoms with Gasteiger partial charge < -0.3 is 4.74 Å². The smallest absolute Gasteiger partial charge is 0.316 e. The van der Waals surface area contributed by atoms with E-state index >= 15 is 0 Å². The number of carbonyl (C=O) groups is 1. The number of benzene rings is 1. The number of nitrogens with zero attached hydrogens (tertiary/aromatic N) is 3. The third-order valence-electron chi connectivity index (χ3n) is 3.90. The van der Waals surface area contributed by atoms with E-state index in [-0.39, 0.29) is 11.3 Å². The fraction of sp³-hybridized carbons (Fsp3) is 0.238. The number of ether oxygens (including phenoxy) is 1. The van der Waals surface area contributed by atoms with Gasteiger partial charge in [0.25, 0.3) is 0 Å². The van der Waals surface area contributed by atoms with E-state index in [0.29, 0.717) is 20.7 Å². The van der Waals surface area contributed by atoms with Gasteiger partial charge in [0, 0.05) is 10.9 Å². The Hall–Kier alpha value is -2.53. The molecule has 148 valence electrons. The number of carbonyl (C=O) groups excluding carboxylic acids is 1. The summed E-state index contributed by atoms with van der Waals surface area (Å²) in [6.07, 6.45) is 0. The second-order valence-corrected chi connectivity index (χ2v) is 9.68. The van der Waals surface area contributed by atoms with Crippen molar-refractivity contribution in [2.45, 2.75) is 27.7 Å². The highest BCUT2D eigenvalue weighted by Gasteiger charge is 2.29. The van der Waals surface area contributed by atoms with Crippen molar-refractivity contribution in [2.75, 3.05) is 0 Å². The number of hydrogen-bond acceptors (Lipinski definition) is 7. The normalized spacial score (nSPS) is 12.3. The number of rotatable bonds is 4. The standard InChI is InChI=1S/C21H18ClN3O2S2/c1-12-17(29-20(22)24-12)16(27-19(26)21(2,3)4)14(10-23)15-11-28-18(25-15)13-8-6-5-7-9-13/h5-9,11H,1-4H3. The van der Waals surface area contributed by atoms with Gasteiger partial charge in [-0.25, -0.2) is 9.97 Å². The van der Waals surface area contributed by atoms with Crippen molar-refractivity contribution in [1.29, 1.82) is 5.26 Å². The van der Waals surface area contributed by atoms with E-state index in [1.807, 2.05) is 30.3 Å². The average Bonchev–Trinajstić information content (AvgIpc) is 3.28. The van der Waals surface area contributed by atoms with Crippen LogP contribution in [0.1, 0.15) is 37.0 Å². The Balaban J connectivity index is 2.15. The third-order valence-corrected chi connectivity index (χ3v) is 6.06. The van der Waals surface area contributed by atoms with Crippen LogP contribution in [-0.2, 0) is 9.53 Å². The molecule has 0 atom stereocenters. The van der Waals surface area contributed by atoms with Crippen molar-refractivity contribution >= 4 is 51.6 Å². The van der Waals surface area contributed by atoms with E-state index in [9.17, 15) is 10.1 Å². The number of nitriles is 1. The van der Waals surface area contributed by atoms with Gasteiger partial charge in [-0.2, -0.15) is 5.26 Å². The van der Waals surface area contributed by atoms with Gasteiger partial charge in [0.2, 0.25) is 0 Å². The molecule has 0 saturated heterocycles. The summed E-state index contributed by atoms with van der Waals surface area (Å²) in [4.78, 5) is 22.0. The molecule has 2 heterocycles. The molecule has 0 unspecified atom stereocenters. The fourth-order valence-corrected chi connectivity index (χ4v) is 4.31. The molecule has 1 aromatic carbocycles. The highest BCUT2D eigenvalue weighted by atomic mass is 35.5. The lowest BCUT2D eigenvalue weighted by Gasteiger charge is -2.18. The Morgan fingerprint density at radius 1 is 1.21 bits per heavy atom. The molecule has 5 nitrogen and oxygen atoms in total. The van der Waals surface area contributed by atoms with Gasteiger partial charge in [-0.15, -0.1) is 11.3 Å². The van der Waals surface area contributed by atoms with Crippen LogP contribution in [0.15, 0.2) is 35.7 Å². The Bertz CT molecular complexity index is 1120. The summed E-state index contributed by atoms with van der Waals surface area (Å²) in [7, 11) is 0. The highest BCUT2D eigenvalue weighted by Crippen LogP contribution is 2.37. The molecule has 3 rings (SSSR count). The van der Waals surface area contributed by atoms with Gasteiger partial charge in [-0.3, -0.25) is 4.79 Å². The van der Waals surface area contributed by atoms with Crippen LogP contribution in [0.4, 0.5) is 0 Å². The molecule has 0 fully saturated rings. The van der Waals surface area contributed by atoms with Crippen LogP contribution in [0.25, 0.3) is 21.9 Å². The lowest BCUT2D eigenvalue weighted by atomic mass is 9.97. The molecule has 2 aromatic heterocycles. The SMILES string of the molecule is Cc1nc(Cl)sc1C(OC(=O)C(C)(C)C)=C(C#N)c1csc(-c2ccccc2)n1. The van der Waals surface area contributed by atoms with Crippen molar-refractivity contribution in [3.8, 4) is 16.6 Å². The Morgan fingerprint density at radius 3 is 2.45 bits per heavy atom. The number of esters is 1. The zero-order chi connectivity index (χ0) is 21.2. The minimum Gasteiger partial charge on any atom is -0.423 e. The molecular weight excluding hydrogens is 426 g/mol. The summed E-state index contributed by atoms with van der Waals surface area (Å²) in [6, 6.07) is 11.8. The van der Waals surface area contributed by atoms with Crippen molar-refractivity contribution in [1.82, 2.24) is 9.97 Å². The molecule has 0 amide bonds. The zero-order valence-electron chi connectivity index (χ0n) is 16.3. The van der Waals surface area contributed by atoms with E-state index in [0.717, 1.165) is 21.9 Å². The van der Waals surface area contributed by atoms with Gasteiger partial charge in [-0.1, -0.05) is 53.3 Å². The molecule has 0 N–H and O–H groups in total. The predicted octanol–water partition coefficient (Wildman–Crippen LogP) is 6.21. The Morgan fingerprint density at radius 2 is 1.90 bits per heavy atom. The topological polar surface area (TPSA) is 75.9 Å². The number of allylic oxidation sites excluding steroid dienone is 1. The molecule has 29 heavy (non-hydrogen) atoms. The summed E-state index contributed by atoms with van der Waals surface area (Å²) < 4.78 is 6.02. The van der Waals surface area contributed by atoms with Crippen molar-refractivity contribution in [3.05, 3.63) is 56.4 Å². The average molecular weight is 444 g/mol. The maximum absolute atomic E-state index is 12.6. The lowest BCUT2D eigenvalue weighted by molar-refractivity contribution is -0.145. The molecule has 0 saturated carbocycles. The summed E-state index contributed by atoms with van der Waals surface area (Å²) >= 11 is 8.64. The number of aromatic nitrogens is 2. The number of thiazole rings is 2.